The Labute approximate surface area is 102 Å². The van der Waals surface area contributed by atoms with E-state index in [0.29, 0.717) is 5.13 Å². The van der Waals surface area contributed by atoms with Crippen LogP contribution in [0.1, 0.15) is 5.69 Å². The molecule has 17 heavy (non-hydrogen) atoms. The van der Waals surface area contributed by atoms with Crippen LogP contribution >= 0.6 is 11.3 Å². The van der Waals surface area contributed by atoms with Crippen LogP contribution in [0.3, 0.4) is 0 Å². The lowest BCUT2D eigenvalue weighted by Crippen LogP contribution is -1.94. The molecule has 0 aliphatic rings. The highest BCUT2D eigenvalue weighted by atomic mass is 32.1. The molecule has 0 saturated carbocycles. The van der Waals surface area contributed by atoms with Crippen LogP contribution in [0.4, 0.5) is 5.13 Å². The molecule has 0 saturated heterocycles. The molecule has 0 unspecified atom stereocenters. The highest BCUT2D eigenvalue weighted by molar-refractivity contribution is 7.13. The third-order valence-electron chi connectivity index (χ3n) is 2.51. The van der Waals surface area contributed by atoms with Gasteiger partial charge in [-0.1, -0.05) is 12.1 Å². The number of hydrogen-bond donors (Lipinski definition) is 1. The maximum absolute atomic E-state index is 5.64. The summed E-state index contributed by atoms with van der Waals surface area (Å²) in [6.07, 6.45) is 0. The number of para-hydroxylation sites is 2. The van der Waals surface area contributed by atoms with Crippen LogP contribution in [0.25, 0.3) is 22.4 Å². The van der Waals surface area contributed by atoms with Gasteiger partial charge in [-0.25, -0.2) is 15.0 Å². The topological polar surface area (TPSA) is 64.7 Å². The Morgan fingerprint density at radius 1 is 1.06 bits per heavy atom. The predicted molar refractivity (Wildman–Crippen MR) is 69.8 cm³/mol. The molecule has 0 amide bonds. The first-order chi connectivity index (χ1) is 8.24. The third-order valence-corrected chi connectivity index (χ3v) is 3.18. The highest BCUT2D eigenvalue weighted by Crippen LogP contribution is 2.25. The molecule has 0 radical (unpaired) electrons. The SMILES string of the molecule is Cc1nc2ccccc2nc1-c1csc(N)n1. The van der Waals surface area contributed by atoms with E-state index in [4.69, 9.17) is 5.73 Å². The Morgan fingerprint density at radius 2 is 1.76 bits per heavy atom. The monoisotopic (exact) mass is 242 g/mol. The number of nitrogens with two attached hydrogens (primary N) is 1. The molecule has 5 heteroatoms. The van der Waals surface area contributed by atoms with Crippen LogP contribution in [-0.2, 0) is 0 Å². The largest absolute Gasteiger partial charge is 0.375 e. The molecule has 3 aromatic rings. The van der Waals surface area contributed by atoms with Gasteiger partial charge in [-0.05, 0) is 19.1 Å². The summed E-state index contributed by atoms with van der Waals surface area (Å²) in [5, 5.41) is 2.45. The van der Waals surface area contributed by atoms with E-state index in [0.717, 1.165) is 28.1 Å². The van der Waals surface area contributed by atoms with Crippen molar-refractivity contribution in [2.75, 3.05) is 5.73 Å². The van der Waals surface area contributed by atoms with Gasteiger partial charge in [0.2, 0.25) is 0 Å². The molecule has 2 aromatic heterocycles. The number of aryl methyl sites for hydroxylation is 1. The molecule has 0 fully saturated rings. The summed E-state index contributed by atoms with van der Waals surface area (Å²) in [4.78, 5) is 13.3. The van der Waals surface area contributed by atoms with Gasteiger partial charge in [-0.15, -0.1) is 11.3 Å². The summed E-state index contributed by atoms with van der Waals surface area (Å²) in [6.45, 7) is 1.93. The Bertz CT molecular complexity index is 690. The first-order valence-corrected chi connectivity index (χ1v) is 6.07. The van der Waals surface area contributed by atoms with Crippen molar-refractivity contribution in [2.24, 2.45) is 0 Å². The average molecular weight is 242 g/mol. The maximum Gasteiger partial charge on any atom is 0.180 e. The molecular weight excluding hydrogens is 232 g/mol. The number of benzene rings is 1. The van der Waals surface area contributed by atoms with Gasteiger partial charge in [0, 0.05) is 5.38 Å². The van der Waals surface area contributed by atoms with Gasteiger partial charge in [0.15, 0.2) is 5.13 Å². The van der Waals surface area contributed by atoms with Crippen molar-refractivity contribution in [3.63, 3.8) is 0 Å². The van der Waals surface area contributed by atoms with Crippen molar-refractivity contribution >= 4 is 27.5 Å². The zero-order valence-corrected chi connectivity index (χ0v) is 10.0. The lowest BCUT2D eigenvalue weighted by molar-refractivity contribution is 1.17. The third kappa shape index (κ3) is 1.74. The van der Waals surface area contributed by atoms with E-state index in [1.807, 2.05) is 36.6 Å². The molecule has 0 spiro atoms. The van der Waals surface area contributed by atoms with Gasteiger partial charge in [0.1, 0.15) is 11.4 Å². The quantitative estimate of drug-likeness (QED) is 0.712. The van der Waals surface area contributed by atoms with Gasteiger partial charge >= 0.3 is 0 Å². The van der Waals surface area contributed by atoms with E-state index in [9.17, 15) is 0 Å². The number of nitrogens with zero attached hydrogens (tertiary/aromatic N) is 3. The summed E-state index contributed by atoms with van der Waals surface area (Å²) < 4.78 is 0. The Hall–Kier alpha value is -2.01. The first-order valence-electron chi connectivity index (χ1n) is 5.19. The van der Waals surface area contributed by atoms with Crippen molar-refractivity contribution in [1.29, 1.82) is 0 Å². The first kappa shape index (κ1) is 10.2. The second-order valence-corrected chi connectivity index (χ2v) is 4.61. The Balaban J connectivity index is 2.26. The van der Waals surface area contributed by atoms with Gasteiger partial charge in [-0.2, -0.15) is 0 Å². The van der Waals surface area contributed by atoms with Crippen LogP contribution in [0.5, 0.6) is 0 Å². The summed E-state index contributed by atoms with van der Waals surface area (Å²) >= 11 is 1.41. The zero-order chi connectivity index (χ0) is 11.8. The van der Waals surface area contributed by atoms with E-state index in [2.05, 4.69) is 15.0 Å². The summed E-state index contributed by atoms with van der Waals surface area (Å²) in [5.41, 5.74) is 9.88. The second kappa shape index (κ2) is 3.78. The zero-order valence-electron chi connectivity index (χ0n) is 9.21. The second-order valence-electron chi connectivity index (χ2n) is 3.72. The van der Waals surface area contributed by atoms with Crippen molar-refractivity contribution < 1.29 is 0 Å². The fourth-order valence-corrected chi connectivity index (χ4v) is 2.27. The van der Waals surface area contributed by atoms with Crippen LogP contribution in [0.15, 0.2) is 29.6 Å². The molecule has 0 aliphatic carbocycles. The van der Waals surface area contributed by atoms with Crippen molar-refractivity contribution in [1.82, 2.24) is 15.0 Å². The maximum atomic E-state index is 5.64. The minimum atomic E-state index is 0.550. The van der Waals surface area contributed by atoms with Crippen LogP contribution in [-0.4, -0.2) is 15.0 Å². The van der Waals surface area contributed by atoms with Crippen molar-refractivity contribution in [3.05, 3.63) is 35.3 Å². The molecule has 0 bridgehead atoms. The fourth-order valence-electron chi connectivity index (χ4n) is 1.73. The van der Waals surface area contributed by atoms with Crippen LogP contribution < -0.4 is 5.73 Å². The number of rotatable bonds is 1. The van der Waals surface area contributed by atoms with E-state index in [1.165, 1.54) is 11.3 Å². The molecule has 2 heterocycles. The Kier molecular flexibility index (Phi) is 2.26. The minimum Gasteiger partial charge on any atom is -0.375 e. The van der Waals surface area contributed by atoms with Crippen LogP contribution in [0.2, 0.25) is 0 Å². The van der Waals surface area contributed by atoms with Gasteiger partial charge in [0.05, 0.1) is 16.7 Å². The van der Waals surface area contributed by atoms with Gasteiger partial charge in [-0.3, -0.25) is 0 Å². The van der Waals surface area contributed by atoms with Gasteiger partial charge in [0.25, 0.3) is 0 Å². The fraction of sp³-hybridized carbons (Fsp3) is 0.0833. The Morgan fingerprint density at radius 3 is 2.41 bits per heavy atom. The summed E-state index contributed by atoms with van der Waals surface area (Å²) in [7, 11) is 0. The molecular formula is C12H10N4S. The number of nitrogen functional groups attached to an aromatic ring is 1. The summed E-state index contributed by atoms with van der Waals surface area (Å²) in [5.74, 6) is 0. The summed E-state index contributed by atoms with van der Waals surface area (Å²) in [6, 6.07) is 7.80. The van der Waals surface area contributed by atoms with Gasteiger partial charge < -0.3 is 5.73 Å². The molecule has 0 atom stereocenters. The van der Waals surface area contributed by atoms with Crippen molar-refractivity contribution in [2.45, 2.75) is 6.92 Å². The molecule has 3 rings (SSSR count). The normalized spacial score (nSPS) is 10.9. The van der Waals surface area contributed by atoms with E-state index < -0.39 is 0 Å². The number of anilines is 1. The molecule has 2 N–H and O–H groups in total. The van der Waals surface area contributed by atoms with E-state index in [1.54, 1.807) is 0 Å². The number of hydrogen-bond acceptors (Lipinski definition) is 5. The molecule has 0 aliphatic heterocycles. The lowest BCUT2D eigenvalue weighted by Gasteiger charge is -2.03. The molecule has 4 nitrogen and oxygen atoms in total. The molecule has 84 valence electrons. The number of aromatic nitrogens is 3. The number of thiazole rings is 1. The van der Waals surface area contributed by atoms with Crippen molar-refractivity contribution in [3.8, 4) is 11.4 Å². The predicted octanol–water partition coefficient (Wildman–Crippen LogP) is 2.64. The van der Waals surface area contributed by atoms with E-state index >= 15 is 0 Å². The average Bonchev–Trinajstić information content (AvgIpc) is 2.75. The standard InChI is InChI=1S/C12H10N4S/c1-7-11(10-6-17-12(13)16-10)15-9-5-3-2-4-8(9)14-7/h2-6H,1H3,(H2,13,16). The number of fused-ring (bicyclic) bond motifs is 1. The lowest BCUT2D eigenvalue weighted by atomic mass is 10.2. The van der Waals surface area contributed by atoms with E-state index in [-0.39, 0.29) is 0 Å². The highest BCUT2D eigenvalue weighted by Gasteiger charge is 2.10. The minimum absolute atomic E-state index is 0.550. The van der Waals surface area contributed by atoms with Crippen LogP contribution in [0, 0.1) is 6.92 Å². The smallest absolute Gasteiger partial charge is 0.180 e. The molecule has 1 aromatic carbocycles.